The van der Waals surface area contributed by atoms with Crippen LogP contribution >= 0.6 is 11.8 Å². The lowest BCUT2D eigenvalue weighted by Gasteiger charge is -2.30. The molecule has 0 bridgehead atoms. The molecule has 7 nitrogen and oxygen atoms in total. The van der Waals surface area contributed by atoms with Gasteiger partial charge in [-0.3, -0.25) is 9.79 Å². The van der Waals surface area contributed by atoms with Gasteiger partial charge in [-0.1, -0.05) is 23.0 Å². The molecule has 0 spiro atoms. The van der Waals surface area contributed by atoms with Gasteiger partial charge in [-0.2, -0.15) is 0 Å². The van der Waals surface area contributed by atoms with Crippen LogP contribution in [0.3, 0.4) is 0 Å². The minimum Gasteiger partial charge on any atom is -0.497 e. The van der Waals surface area contributed by atoms with Crippen molar-refractivity contribution in [3.05, 3.63) is 65.2 Å². The van der Waals surface area contributed by atoms with Crippen molar-refractivity contribution in [1.82, 2.24) is 5.16 Å². The van der Waals surface area contributed by atoms with Crippen molar-refractivity contribution in [2.24, 2.45) is 10.7 Å². The van der Waals surface area contributed by atoms with Gasteiger partial charge in [0.25, 0.3) is 5.91 Å². The molecule has 1 atom stereocenters. The van der Waals surface area contributed by atoms with E-state index in [1.807, 2.05) is 6.92 Å². The molecule has 3 N–H and O–H groups in total. The minimum absolute atomic E-state index is 0.0574. The number of methoxy groups -OCH3 is 1. The van der Waals surface area contributed by atoms with E-state index >= 15 is 0 Å². The van der Waals surface area contributed by atoms with Gasteiger partial charge in [0.15, 0.2) is 5.17 Å². The standard InChI is InChI=1S/C23H23FN4O3S/c1-13-19(20(28-31-13)14-4-7-16(30-3)8-5-14)21(29)26-18-12-15(6-9-17(18)24)23(2)10-11-32-22(25)27-23/h4-9,12H,10-11H2,1-3H3,(H2,25,27)(H,26,29). The Morgan fingerprint density at radius 3 is 2.72 bits per heavy atom. The molecule has 9 heteroatoms. The summed E-state index contributed by atoms with van der Waals surface area (Å²) >= 11 is 1.49. The second-order valence-electron chi connectivity index (χ2n) is 7.66. The van der Waals surface area contributed by atoms with Gasteiger partial charge >= 0.3 is 0 Å². The van der Waals surface area contributed by atoms with Crippen LogP contribution < -0.4 is 15.8 Å². The Morgan fingerprint density at radius 2 is 2.03 bits per heavy atom. The summed E-state index contributed by atoms with van der Waals surface area (Å²) in [6.07, 6.45) is 0.754. The number of benzene rings is 2. The van der Waals surface area contributed by atoms with Crippen LogP contribution in [0.5, 0.6) is 5.75 Å². The number of nitrogens with one attached hydrogen (secondary N) is 1. The Hall–Kier alpha value is -3.33. The second-order valence-corrected chi connectivity index (χ2v) is 8.78. The summed E-state index contributed by atoms with van der Waals surface area (Å²) < 4.78 is 25.1. The topological polar surface area (TPSA) is 103 Å². The fourth-order valence-electron chi connectivity index (χ4n) is 3.62. The van der Waals surface area contributed by atoms with E-state index in [-0.39, 0.29) is 11.3 Å². The first-order chi connectivity index (χ1) is 15.3. The lowest BCUT2D eigenvalue weighted by Crippen LogP contribution is -2.29. The number of carbonyl (C=O) groups is 1. The van der Waals surface area contributed by atoms with Crippen molar-refractivity contribution in [3.63, 3.8) is 0 Å². The molecule has 1 aromatic heterocycles. The number of aryl methyl sites for hydroxylation is 1. The molecule has 0 aliphatic carbocycles. The number of hydrogen-bond acceptors (Lipinski definition) is 7. The molecular weight excluding hydrogens is 431 g/mol. The number of aliphatic imine (C=N–C) groups is 1. The molecule has 2 heterocycles. The zero-order chi connectivity index (χ0) is 22.9. The van der Waals surface area contributed by atoms with Gasteiger partial charge in [0.2, 0.25) is 0 Å². The molecule has 4 rings (SSSR count). The summed E-state index contributed by atoms with van der Waals surface area (Å²) in [5, 5.41) is 7.20. The van der Waals surface area contributed by atoms with Gasteiger partial charge in [-0.05, 0) is 62.2 Å². The number of hydrogen-bond donors (Lipinski definition) is 2. The largest absolute Gasteiger partial charge is 0.497 e. The highest BCUT2D eigenvalue weighted by Crippen LogP contribution is 2.37. The predicted molar refractivity (Wildman–Crippen MR) is 124 cm³/mol. The number of ether oxygens (including phenoxy) is 1. The maximum absolute atomic E-state index is 14.6. The summed E-state index contributed by atoms with van der Waals surface area (Å²) in [6.45, 7) is 3.59. The van der Waals surface area contributed by atoms with E-state index in [0.717, 1.165) is 17.7 Å². The van der Waals surface area contributed by atoms with Crippen molar-refractivity contribution in [2.75, 3.05) is 18.2 Å². The number of nitrogens with zero attached hydrogens (tertiary/aromatic N) is 2. The number of anilines is 1. The lowest BCUT2D eigenvalue weighted by molar-refractivity contribution is 0.102. The molecule has 32 heavy (non-hydrogen) atoms. The van der Waals surface area contributed by atoms with Crippen LogP contribution in [0.4, 0.5) is 10.1 Å². The summed E-state index contributed by atoms with van der Waals surface area (Å²) in [5.41, 5.74) is 7.45. The minimum atomic E-state index is -0.579. The van der Waals surface area contributed by atoms with E-state index in [1.165, 1.54) is 17.8 Å². The van der Waals surface area contributed by atoms with Crippen molar-refractivity contribution >= 4 is 28.5 Å². The zero-order valence-electron chi connectivity index (χ0n) is 17.9. The van der Waals surface area contributed by atoms with Crippen molar-refractivity contribution in [1.29, 1.82) is 0 Å². The van der Waals surface area contributed by atoms with Crippen LogP contribution in [0.2, 0.25) is 0 Å². The number of amidine groups is 1. The van der Waals surface area contributed by atoms with Crippen LogP contribution in [-0.2, 0) is 5.54 Å². The third-order valence-electron chi connectivity index (χ3n) is 5.49. The monoisotopic (exact) mass is 454 g/mol. The van der Waals surface area contributed by atoms with Gasteiger partial charge in [0.05, 0.1) is 18.3 Å². The van der Waals surface area contributed by atoms with E-state index < -0.39 is 17.3 Å². The summed E-state index contributed by atoms with van der Waals surface area (Å²) in [5.74, 6) is 0.761. The Balaban J connectivity index is 1.65. The van der Waals surface area contributed by atoms with Crippen molar-refractivity contribution in [3.8, 4) is 17.0 Å². The van der Waals surface area contributed by atoms with Crippen LogP contribution in [0, 0.1) is 12.7 Å². The summed E-state index contributed by atoms with van der Waals surface area (Å²) in [6, 6.07) is 11.7. The summed E-state index contributed by atoms with van der Waals surface area (Å²) in [4.78, 5) is 17.7. The fourth-order valence-corrected chi connectivity index (χ4v) is 4.60. The molecule has 1 unspecified atom stereocenters. The highest BCUT2D eigenvalue weighted by Gasteiger charge is 2.30. The maximum atomic E-state index is 14.6. The molecular formula is C23H23FN4O3S. The molecule has 3 aromatic rings. The van der Waals surface area contributed by atoms with Gasteiger partial charge in [-0.25, -0.2) is 4.39 Å². The molecule has 166 valence electrons. The quantitative estimate of drug-likeness (QED) is 0.578. The SMILES string of the molecule is COc1ccc(-c2noc(C)c2C(=O)Nc2cc(C3(C)CCSC(N)=N3)ccc2F)cc1. The maximum Gasteiger partial charge on any atom is 0.261 e. The molecule has 0 fully saturated rings. The predicted octanol–water partition coefficient (Wildman–Crippen LogP) is 4.72. The van der Waals surface area contributed by atoms with Gasteiger partial charge < -0.3 is 20.3 Å². The Bertz CT molecular complexity index is 1190. The molecule has 2 aromatic carbocycles. The highest BCUT2D eigenvalue weighted by atomic mass is 32.2. The van der Waals surface area contributed by atoms with Crippen molar-refractivity contribution in [2.45, 2.75) is 25.8 Å². The van der Waals surface area contributed by atoms with Crippen LogP contribution in [-0.4, -0.2) is 29.1 Å². The fraction of sp³-hybridized carbons (Fsp3) is 0.261. The van der Waals surface area contributed by atoms with Crippen LogP contribution in [0.15, 0.2) is 52.0 Å². The Kier molecular flexibility index (Phi) is 5.92. The van der Waals surface area contributed by atoms with E-state index in [1.54, 1.807) is 50.4 Å². The number of aromatic nitrogens is 1. The molecule has 1 amide bonds. The number of carbonyl (C=O) groups excluding carboxylic acids is 1. The zero-order valence-corrected chi connectivity index (χ0v) is 18.8. The van der Waals surface area contributed by atoms with E-state index in [2.05, 4.69) is 15.5 Å². The Labute approximate surface area is 189 Å². The van der Waals surface area contributed by atoms with E-state index in [4.69, 9.17) is 15.0 Å². The lowest BCUT2D eigenvalue weighted by atomic mass is 9.89. The second kappa shape index (κ2) is 8.66. The van der Waals surface area contributed by atoms with Crippen molar-refractivity contribution < 1.29 is 18.4 Å². The first-order valence-electron chi connectivity index (χ1n) is 10.0. The van der Waals surface area contributed by atoms with Gasteiger partial charge in [0, 0.05) is 11.3 Å². The van der Waals surface area contributed by atoms with Gasteiger partial charge in [0.1, 0.15) is 28.6 Å². The smallest absolute Gasteiger partial charge is 0.261 e. The molecule has 0 saturated carbocycles. The third-order valence-corrected chi connectivity index (χ3v) is 6.28. The third kappa shape index (κ3) is 4.20. The van der Waals surface area contributed by atoms with Crippen LogP contribution in [0.1, 0.15) is 35.0 Å². The number of rotatable bonds is 5. The first-order valence-corrected chi connectivity index (χ1v) is 11.0. The number of halogens is 1. The molecule has 0 saturated heterocycles. The van der Waals surface area contributed by atoms with Gasteiger partial charge in [-0.15, -0.1) is 0 Å². The number of amides is 1. The Morgan fingerprint density at radius 1 is 1.28 bits per heavy atom. The number of nitrogens with two attached hydrogens (primary N) is 1. The van der Waals surface area contributed by atoms with E-state index in [9.17, 15) is 9.18 Å². The number of thioether (sulfide) groups is 1. The molecule has 1 aliphatic rings. The average molecular weight is 455 g/mol. The normalized spacial score (nSPS) is 18.2. The molecule has 1 aliphatic heterocycles. The van der Waals surface area contributed by atoms with E-state index in [0.29, 0.717) is 27.9 Å². The molecule has 0 radical (unpaired) electrons. The average Bonchev–Trinajstić information content (AvgIpc) is 3.16. The first kappa shape index (κ1) is 21.9. The van der Waals surface area contributed by atoms with Crippen LogP contribution in [0.25, 0.3) is 11.3 Å². The highest BCUT2D eigenvalue weighted by molar-refractivity contribution is 8.13. The summed E-state index contributed by atoms with van der Waals surface area (Å²) in [7, 11) is 1.57.